The molecule has 1 amide bonds. The molecule has 1 rings (SSSR count). The summed E-state index contributed by atoms with van der Waals surface area (Å²) >= 11 is 0. The first-order valence-electron chi connectivity index (χ1n) is 5.14. The summed E-state index contributed by atoms with van der Waals surface area (Å²) in [6, 6.07) is 0. The van der Waals surface area contributed by atoms with Gasteiger partial charge in [-0.25, -0.2) is 0 Å². The number of hydrogen-bond donors (Lipinski definition) is 1. The molecule has 13 heavy (non-hydrogen) atoms. The zero-order valence-electron chi connectivity index (χ0n) is 8.38. The Morgan fingerprint density at radius 1 is 1.62 bits per heavy atom. The van der Waals surface area contributed by atoms with Crippen LogP contribution in [0.3, 0.4) is 0 Å². The van der Waals surface area contributed by atoms with Crippen LogP contribution in [0.4, 0.5) is 0 Å². The summed E-state index contributed by atoms with van der Waals surface area (Å²) in [6.07, 6.45) is 6.19. The van der Waals surface area contributed by atoms with Gasteiger partial charge in [-0.2, -0.15) is 0 Å². The van der Waals surface area contributed by atoms with Crippen LogP contribution in [0.15, 0.2) is 12.7 Å². The lowest BCUT2D eigenvalue weighted by Gasteiger charge is -2.14. The van der Waals surface area contributed by atoms with Gasteiger partial charge in [0, 0.05) is 12.5 Å². The van der Waals surface area contributed by atoms with Crippen LogP contribution in [0.1, 0.15) is 32.6 Å². The molecule has 1 aliphatic rings. The van der Waals surface area contributed by atoms with E-state index < -0.39 is 0 Å². The normalized spacial score (nSPS) is 27.2. The molecule has 2 unspecified atom stereocenters. The zero-order chi connectivity index (χ0) is 9.68. The van der Waals surface area contributed by atoms with Gasteiger partial charge in [-0.15, -0.1) is 6.58 Å². The first-order chi connectivity index (χ1) is 6.25. The Morgan fingerprint density at radius 3 is 2.92 bits per heavy atom. The number of amides is 1. The van der Waals surface area contributed by atoms with Gasteiger partial charge in [0.25, 0.3) is 0 Å². The van der Waals surface area contributed by atoms with Crippen molar-refractivity contribution in [1.29, 1.82) is 0 Å². The zero-order valence-corrected chi connectivity index (χ0v) is 8.38. The number of carbonyl (C=O) groups excluding carboxylic acids is 1. The van der Waals surface area contributed by atoms with E-state index in [0.717, 1.165) is 19.4 Å². The molecule has 0 aromatic rings. The molecule has 1 fully saturated rings. The van der Waals surface area contributed by atoms with Crippen molar-refractivity contribution in [1.82, 2.24) is 5.32 Å². The summed E-state index contributed by atoms with van der Waals surface area (Å²) in [5.74, 6) is 1.08. The van der Waals surface area contributed by atoms with Gasteiger partial charge in [0.15, 0.2) is 0 Å². The molecule has 0 aromatic carbocycles. The number of carbonyl (C=O) groups is 1. The Hall–Kier alpha value is -0.790. The minimum atomic E-state index is 0.242. The molecule has 74 valence electrons. The maximum atomic E-state index is 11.6. The first kappa shape index (κ1) is 10.3. The van der Waals surface area contributed by atoms with E-state index in [1.54, 1.807) is 0 Å². The quantitative estimate of drug-likeness (QED) is 0.522. The van der Waals surface area contributed by atoms with E-state index in [1.807, 2.05) is 6.08 Å². The topological polar surface area (TPSA) is 29.1 Å². The Kier molecular flexibility index (Phi) is 4.00. The Labute approximate surface area is 80.4 Å². The fourth-order valence-corrected chi connectivity index (χ4v) is 1.96. The van der Waals surface area contributed by atoms with Crippen molar-refractivity contribution < 1.29 is 4.79 Å². The molecule has 2 atom stereocenters. The lowest BCUT2D eigenvalue weighted by Crippen LogP contribution is -2.32. The fourth-order valence-electron chi connectivity index (χ4n) is 1.96. The van der Waals surface area contributed by atoms with Crippen LogP contribution >= 0.6 is 0 Å². The molecule has 2 heteroatoms. The van der Waals surface area contributed by atoms with E-state index in [1.165, 1.54) is 12.8 Å². The molecule has 1 N–H and O–H groups in total. The first-order valence-corrected chi connectivity index (χ1v) is 5.14. The highest BCUT2D eigenvalue weighted by atomic mass is 16.1. The van der Waals surface area contributed by atoms with Crippen LogP contribution in [0, 0.1) is 11.8 Å². The maximum Gasteiger partial charge on any atom is 0.223 e. The van der Waals surface area contributed by atoms with Crippen LogP contribution in [-0.2, 0) is 4.79 Å². The van der Waals surface area contributed by atoms with Crippen LogP contribution in [0.5, 0.6) is 0 Å². The highest BCUT2D eigenvalue weighted by Crippen LogP contribution is 2.30. The van der Waals surface area contributed by atoms with E-state index in [0.29, 0.717) is 5.92 Å². The summed E-state index contributed by atoms with van der Waals surface area (Å²) in [4.78, 5) is 11.6. The predicted octanol–water partition coefficient (Wildman–Crippen LogP) is 2.11. The Morgan fingerprint density at radius 2 is 2.38 bits per heavy atom. The molecule has 0 radical (unpaired) electrons. The molecule has 0 heterocycles. The molecule has 0 aliphatic heterocycles. The average Bonchev–Trinajstić information content (AvgIpc) is 2.52. The van der Waals surface area contributed by atoms with E-state index >= 15 is 0 Å². The Balaban J connectivity index is 2.26. The molecule has 0 aromatic heterocycles. The summed E-state index contributed by atoms with van der Waals surface area (Å²) < 4.78 is 0. The highest BCUT2D eigenvalue weighted by Gasteiger charge is 2.28. The molecule has 1 aliphatic carbocycles. The van der Waals surface area contributed by atoms with Crippen molar-refractivity contribution in [2.45, 2.75) is 32.6 Å². The molecule has 2 nitrogen and oxygen atoms in total. The lowest BCUT2D eigenvalue weighted by atomic mass is 9.97. The van der Waals surface area contributed by atoms with Crippen molar-refractivity contribution in [2.75, 3.05) is 6.54 Å². The van der Waals surface area contributed by atoms with E-state index in [9.17, 15) is 4.79 Å². The second-order valence-corrected chi connectivity index (χ2v) is 3.88. The third kappa shape index (κ3) is 2.87. The number of hydrogen-bond acceptors (Lipinski definition) is 1. The lowest BCUT2D eigenvalue weighted by molar-refractivity contribution is -0.125. The standard InChI is InChI=1S/C11H19NO/c1-3-4-8-12-11(13)10-7-5-6-9(10)2/h3,9-10H,1,4-8H2,2H3,(H,12,13). The van der Waals surface area contributed by atoms with Gasteiger partial charge in [0.2, 0.25) is 5.91 Å². The maximum absolute atomic E-state index is 11.6. The van der Waals surface area contributed by atoms with Crippen LogP contribution in [0.2, 0.25) is 0 Å². The van der Waals surface area contributed by atoms with Gasteiger partial charge >= 0.3 is 0 Å². The molecule has 0 saturated heterocycles. The molecular weight excluding hydrogens is 162 g/mol. The van der Waals surface area contributed by atoms with Crippen molar-refractivity contribution in [3.05, 3.63) is 12.7 Å². The van der Waals surface area contributed by atoms with Crippen LogP contribution < -0.4 is 5.32 Å². The summed E-state index contributed by atoms with van der Waals surface area (Å²) in [5.41, 5.74) is 0. The highest BCUT2D eigenvalue weighted by molar-refractivity contribution is 5.79. The van der Waals surface area contributed by atoms with Gasteiger partial charge < -0.3 is 5.32 Å². The minimum Gasteiger partial charge on any atom is -0.356 e. The van der Waals surface area contributed by atoms with Gasteiger partial charge in [-0.3, -0.25) is 4.79 Å². The van der Waals surface area contributed by atoms with E-state index in [2.05, 4.69) is 18.8 Å². The number of nitrogens with one attached hydrogen (secondary N) is 1. The fraction of sp³-hybridized carbons (Fsp3) is 0.727. The average molecular weight is 181 g/mol. The second kappa shape index (κ2) is 5.05. The SMILES string of the molecule is C=CCCNC(=O)C1CCCC1C. The molecule has 0 spiro atoms. The van der Waals surface area contributed by atoms with E-state index in [-0.39, 0.29) is 11.8 Å². The molecule has 0 bridgehead atoms. The van der Waals surface area contributed by atoms with Gasteiger partial charge in [-0.1, -0.05) is 19.4 Å². The van der Waals surface area contributed by atoms with Crippen molar-refractivity contribution in [3.63, 3.8) is 0 Å². The monoisotopic (exact) mass is 181 g/mol. The Bertz CT molecular complexity index is 189. The third-order valence-corrected chi connectivity index (χ3v) is 2.85. The van der Waals surface area contributed by atoms with Crippen molar-refractivity contribution >= 4 is 5.91 Å². The third-order valence-electron chi connectivity index (χ3n) is 2.85. The smallest absolute Gasteiger partial charge is 0.223 e. The second-order valence-electron chi connectivity index (χ2n) is 3.88. The van der Waals surface area contributed by atoms with Crippen LogP contribution in [0.25, 0.3) is 0 Å². The summed E-state index contributed by atoms with van der Waals surface area (Å²) in [7, 11) is 0. The minimum absolute atomic E-state index is 0.242. The molecular formula is C11H19NO. The summed E-state index contributed by atoms with van der Waals surface area (Å²) in [5, 5.41) is 2.95. The van der Waals surface area contributed by atoms with Crippen molar-refractivity contribution in [3.8, 4) is 0 Å². The number of rotatable bonds is 4. The van der Waals surface area contributed by atoms with Crippen molar-refractivity contribution in [2.24, 2.45) is 11.8 Å². The van der Waals surface area contributed by atoms with Crippen LogP contribution in [-0.4, -0.2) is 12.5 Å². The molecule has 1 saturated carbocycles. The van der Waals surface area contributed by atoms with E-state index in [4.69, 9.17) is 0 Å². The largest absolute Gasteiger partial charge is 0.356 e. The van der Waals surface area contributed by atoms with Gasteiger partial charge in [-0.05, 0) is 25.2 Å². The summed E-state index contributed by atoms with van der Waals surface area (Å²) in [6.45, 7) is 6.53. The predicted molar refractivity (Wildman–Crippen MR) is 54.3 cm³/mol. The van der Waals surface area contributed by atoms with Gasteiger partial charge in [0.05, 0.1) is 0 Å². The van der Waals surface area contributed by atoms with Gasteiger partial charge in [0.1, 0.15) is 0 Å².